The van der Waals surface area contributed by atoms with Crippen molar-refractivity contribution < 1.29 is 26.4 Å². The fraction of sp³-hybridized carbons (Fsp3) is 0.241. The van der Waals surface area contributed by atoms with Gasteiger partial charge in [0, 0.05) is 55.1 Å². The van der Waals surface area contributed by atoms with Gasteiger partial charge >= 0.3 is 0 Å². The Labute approximate surface area is 230 Å². The first-order valence-electron chi connectivity index (χ1n) is 12.8. The molecule has 1 amide bonds. The highest BCUT2D eigenvalue weighted by Crippen LogP contribution is 2.24. The summed E-state index contributed by atoms with van der Waals surface area (Å²) in [5.74, 6) is -4.03. The molecular formula is C29H27F3N4O3S. The number of anilines is 1. The summed E-state index contributed by atoms with van der Waals surface area (Å²) in [6.07, 6.45) is 1.75. The highest BCUT2D eigenvalue weighted by molar-refractivity contribution is 7.93. The number of para-hydroxylation sites is 1. The smallest absolute Gasteiger partial charge is 0.264 e. The maximum absolute atomic E-state index is 14.0. The van der Waals surface area contributed by atoms with Crippen LogP contribution in [0.15, 0.2) is 77.8 Å². The summed E-state index contributed by atoms with van der Waals surface area (Å²) in [6.45, 7) is 3.85. The van der Waals surface area contributed by atoms with E-state index in [-0.39, 0.29) is 28.8 Å². The highest BCUT2D eigenvalue weighted by atomic mass is 32.2. The van der Waals surface area contributed by atoms with Gasteiger partial charge in [-0.3, -0.25) is 19.4 Å². The lowest BCUT2D eigenvalue weighted by Gasteiger charge is -2.40. The Morgan fingerprint density at radius 2 is 1.73 bits per heavy atom. The Kier molecular flexibility index (Phi) is 7.77. The van der Waals surface area contributed by atoms with Crippen LogP contribution in [-0.4, -0.2) is 61.3 Å². The number of hydrogen-bond acceptors (Lipinski definition) is 5. The van der Waals surface area contributed by atoms with Gasteiger partial charge in [0.05, 0.1) is 5.52 Å². The lowest BCUT2D eigenvalue weighted by molar-refractivity contribution is 0.0491. The van der Waals surface area contributed by atoms with Crippen LogP contribution in [0.5, 0.6) is 0 Å². The summed E-state index contributed by atoms with van der Waals surface area (Å²) in [7, 11) is -3.92. The quantitative estimate of drug-likeness (QED) is 0.323. The third-order valence-electron chi connectivity index (χ3n) is 7.05. The van der Waals surface area contributed by atoms with Crippen LogP contribution in [0.1, 0.15) is 22.8 Å². The van der Waals surface area contributed by atoms with E-state index in [1.54, 1.807) is 53.4 Å². The molecule has 1 aromatic heterocycles. The molecule has 1 N–H and O–H groups in total. The van der Waals surface area contributed by atoms with Crippen molar-refractivity contribution in [3.8, 4) is 0 Å². The van der Waals surface area contributed by atoms with E-state index in [0.29, 0.717) is 48.3 Å². The van der Waals surface area contributed by atoms with Crippen molar-refractivity contribution in [3.63, 3.8) is 0 Å². The van der Waals surface area contributed by atoms with E-state index >= 15 is 0 Å². The Morgan fingerprint density at radius 3 is 2.48 bits per heavy atom. The molecule has 0 saturated carbocycles. The second-order valence-corrected chi connectivity index (χ2v) is 11.4. The number of sulfonamides is 1. The molecule has 0 radical (unpaired) electrons. The van der Waals surface area contributed by atoms with Gasteiger partial charge in [-0.05, 0) is 61.4 Å². The molecule has 0 bridgehead atoms. The number of carbonyl (C=O) groups is 1. The number of amides is 1. The number of nitrogens with one attached hydrogen (secondary N) is 1. The van der Waals surface area contributed by atoms with Crippen molar-refractivity contribution in [3.05, 3.63) is 102 Å². The van der Waals surface area contributed by atoms with Crippen molar-refractivity contribution in [2.45, 2.75) is 24.3 Å². The van der Waals surface area contributed by atoms with Gasteiger partial charge in [0.15, 0.2) is 17.5 Å². The molecule has 11 heteroatoms. The fourth-order valence-electron chi connectivity index (χ4n) is 4.93. The zero-order valence-corrected chi connectivity index (χ0v) is 22.5. The maximum Gasteiger partial charge on any atom is 0.264 e. The van der Waals surface area contributed by atoms with E-state index in [9.17, 15) is 26.4 Å². The molecule has 1 aliphatic heterocycles. The first kappa shape index (κ1) is 27.6. The topological polar surface area (TPSA) is 82.6 Å². The predicted octanol–water partition coefficient (Wildman–Crippen LogP) is 4.84. The zero-order chi connectivity index (χ0) is 28.4. The van der Waals surface area contributed by atoms with Crippen LogP contribution in [0.2, 0.25) is 0 Å². The lowest BCUT2D eigenvalue weighted by Crippen LogP contribution is -2.54. The third kappa shape index (κ3) is 5.66. The number of nitrogens with zero attached hydrogens (tertiary/aromatic N) is 3. The highest BCUT2D eigenvalue weighted by Gasteiger charge is 2.28. The molecule has 5 rings (SSSR count). The van der Waals surface area contributed by atoms with E-state index in [1.807, 2.05) is 6.92 Å². The molecule has 0 unspecified atom stereocenters. The number of piperazine rings is 1. The SMILES string of the molecule is C[C@@H]1CN(CCc2ccc(F)c(F)c2F)CCN1C(=O)c1ccc(NS(=O)(=O)c2cccc3cccnc23)cc1. The molecule has 3 aromatic carbocycles. The van der Waals surface area contributed by atoms with Crippen molar-refractivity contribution in [2.24, 2.45) is 0 Å². The van der Waals surface area contributed by atoms with Crippen LogP contribution in [0.4, 0.5) is 18.9 Å². The first-order valence-corrected chi connectivity index (χ1v) is 14.2. The lowest BCUT2D eigenvalue weighted by atomic mass is 10.1. The van der Waals surface area contributed by atoms with Crippen LogP contribution in [0, 0.1) is 17.5 Å². The molecule has 1 fully saturated rings. The number of pyridine rings is 1. The summed E-state index contributed by atoms with van der Waals surface area (Å²) in [4.78, 5) is 21.3. The second-order valence-electron chi connectivity index (χ2n) is 9.75. The van der Waals surface area contributed by atoms with Crippen molar-refractivity contribution in [1.82, 2.24) is 14.8 Å². The second kappa shape index (κ2) is 11.3. The van der Waals surface area contributed by atoms with E-state index in [1.165, 1.54) is 18.3 Å². The van der Waals surface area contributed by atoms with Gasteiger partial charge < -0.3 is 4.90 Å². The molecule has 2 heterocycles. The van der Waals surface area contributed by atoms with Crippen molar-refractivity contribution in [2.75, 3.05) is 30.9 Å². The predicted molar refractivity (Wildman–Crippen MR) is 146 cm³/mol. The zero-order valence-electron chi connectivity index (χ0n) is 21.6. The van der Waals surface area contributed by atoms with E-state index in [4.69, 9.17) is 0 Å². The molecule has 1 atom stereocenters. The van der Waals surface area contributed by atoms with Crippen LogP contribution in [0.3, 0.4) is 0 Å². The van der Waals surface area contributed by atoms with E-state index in [2.05, 4.69) is 14.6 Å². The average molecular weight is 569 g/mol. The molecule has 4 aromatic rings. The Hall–Kier alpha value is -3.96. The molecule has 1 saturated heterocycles. The summed E-state index contributed by atoms with van der Waals surface area (Å²) < 4.78 is 69.4. The van der Waals surface area contributed by atoms with Gasteiger partial charge in [-0.25, -0.2) is 21.6 Å². The minimum Gasteiger partial charge on any atom is -0.333 e. The molecule has 208 valence electrons. The van der Waals surface area contributed by atoms with Gasteiger partial charge in [-0.15, -0.1) is 0 Å². The fourth-order valence-corrected chi connectivity index (χ4v) is 6.16. The monoisotopic (exact) mass is 568 g/mol. The normalized spacial score (nSPS) is 16.3. The number of fused-ring (bicyclic) bond motifs is 1. The summed E-state index contributed by atoms with van der Waals surface area (Å²) in [5.41, 5.74) is 1.20. The number of hydrogen-bond donors (Lipinski definition) is 1. The standard InChI is InChI=1S/C29H27F3N4O3S/c1-19-18-35(15-13-20-9-12-24(30)27(32)26(20)31)16-17-36(19)29(37)22-7-10-23(11-8-22)34-40(38,39)25-6-2-4-21-5-3-14-33-28(21)25/h2-12,14,19,34H,13,15-18H2,1H3/t19-/m1/s1. The molecule has 0 aliphatic carbocycles. The number of benzene rings is 3. The minimum absolute atomic E-state index is 0.0600. The van der Waals surface area contributed by atoms with Crippen molar-refractivity contribution >= 4 is 32.5 Å². The molecule has 40 heavy (non-hydrogen) atoms. The largest absolute Gasteiger partial charge is 0.333 e. The molecule has 0 spiro atoms. The first-order chi connectivity index (χ1) is 19.1. The number of halogens is 3. The van der Waals surface area contributed by atoms with E-state index < -0.39 is 27.5 Å². The van der Waals surface area contributed by atoms with Gasteiger partial charge in [0.1, 0.15) is 4.90 Å². The number of aromatic nitrogens is 1. The number of rotatable bonds is 7. The van der Waals surface area contributed by atoms with Crippen LogP contribution in [0.25, 0.3) is 10.9 Å². The molecule has 1 aliphatic rings. The van der Waals surface area contributed by atoms with E-state index in [0.717, 1.165) is 6.07 Å². The Morgan fingerprint density at radius 1 is 0.975 bits per heavy atom. The molecule has 7 nitrogen and oxygen atoms in total. The Bertz CT molecular complexity index is 1660. The summed E-state index contributed by atoms with van der Waals surface area (Å²) in [6, 6.07) is 16.7. The summed E-state index contributed by atoms with van der Waals surface area (Å²) in [5, 5.41) is 0.706. The number of carbonyl (C=O) groups excluding carboxylic acids is 1. The Balaban J connectivity index is 1.20. The maximum atomic E-state index is 14.0. The van der Waals surface area contributed by atoms with Crippen LogP contribution >= 0.6 is 0 Å². The van der Waals surface area contributed by atoms with Crippen molar-refractivity contribution in [1.29, 1.82) is 0 Å². The average Bonchev–Trinajstić information content (AvgIpc) is 2.95. The van der Waals surface area contributed by atoms with Crippen LogP contribution < -0.4 is 4.72 Å². The minimum atomic E-state index is -3.92. The van der Waals surface area contributed by atoms with Gasteiger partial charge in [0.2, 0.25) is 0 Å². The van der Waals surface area contributed by atoms with Crippen LogP contribution in [-0.2, 0) is 16.4 Å². The molecular weight excluding hydrogens is 541 g/mol. The van der Waals surface area contributed by atoms with Gasteiger partial charge in [-0.1, -0.05) is 24.3 Å². The summed E-state index contributed by atoms with van der Waals surface area (Å²) >= 11 is 0. The third-order valence-corrected chi connectivity index (χ3v) is 8.47. The van der Waals surface area contributed by atoms with Gasteiger partial charge in [0.25, 0.3) is 15.9 Å². The van der Waals surface area contributed by atoms with Gasteiger partial charge in [-0.2, -0.15) is 0 Å².